The molecule has 0 aliphatic heterocycles. The standard InChI is InChI=1S/C14H17N3O2/c1-3-9-17-13(7-8-15-17)14(18)16-11-5-4-6-12(10-11)19-2/h4-8,10H,3,9H2,1-2H3,(H,16,18). The molecule has 1 amide bonds. The van der Waals surface area contributed by atoms with Crippen molar-refractivity contribution in [2.75, 3.05) is 12.4 Å². The van der Waals surface area contributed by atoms with E-state index in [0.717, 1.165) is 13.0 Å². The van der Waals surface area contributed by atoms with Crippen LogP contribution >= 0.6 is 0 Å². The molecule has 1 N–H and O–H groups in total. The van der Waals surface area contributed by atoms with Crippen LogP contribution in [0.5, 0.6) is 5.75 Å². The number of ether oxygens (including phenoxy) is 1. The highest BCUT2D eigenvalue weighted by atomic mass is 16.5. The van der Waals surface area contributed by atoms with Crippen molar-refractivity contribution >= 4 is 11.6 Å². The Morgan fingerprint density at radius 3 is 3.00 bits per heavy atom. The number of carbonyl (C=O) groups excluding carboxylic acids is 1. The molecule has 0 fully saturated rings. The van der Waals surface area contributed by atoms with Crippen LogP contribution in [0.1, 0.15) is 23.8 Å². The first-order valence-electron chi connectivity index (χ1n) is 6.22. The molecule has 1 heterocycles. The number of rotatable bonds is 5. The molecule has 0 aliphatic rings. The maximum absolute atomic E-state index is 12.2. The van der Waals surface area contributed by atoms with Gasteiger partial charge in [-0.05, 0) is 24.6 Å². The maximum atomic E-state index is 12.2. The van der Waals surface area contributed by atoms with Gasteiger partial charge in [0.15, 0.2) is 0 Å². The Bertz CT molecular complexity index is 563. The molecule has 100 valence electrons. The first-order chi connectivity index (χ1) is 9.24. The Kier molecular flexibility index (Phi) is 4.18. The quantitative estimate of drug-likeness (QED) is 0.897. The molecule has 2 rings (SSSR count). The van der Waals surface area contributed by atoms with E-state index in [1.165, 1.54) is 0 Å². The van der Waals surface area contributed by atoms with E-state index < -0.39 is 0 Å². The summed E-state index contributed by atoms with van der Waals surface area (Å²) in [7, 11) is 1.59. The van der Waals surface area contributed by atoms with Gasteiger partial charge in [-0.1, -0.05) is 13.0 Å². The van der Waals surface area contributed by atoms with Gasteiger partial charge in [-0.15, -0.1) is 0 Å². The van der Waals surface area contributed by atoms with Gasteiger partial charge in [0.1, 0.15) is 11.4 Å². The molecule has 1 aromatic heterocycles. The SMILES string of the molecule is CCCn1nccc1C(=O)Nc1cccc(OC)c1. The van der Waals surface area contributed by atoms with Crippen molar-refractivity contribution in [3.8, 4) is 5.75 Å². The fourth-order valence-electron chi connectivity index (χ4n) is 1.81. The summed E-state index contributed by atoms with van der Waals surface area (Å²) >= 11 is 0. The van der Waals surface area contributed by atoms with E-state index in [-0.39, 0.29) is 5.91 Å². The van der Waals surface area contributed by atoms with E-state index in [0.29, 0.717) is 17.1 Å². The van der Waals surface area contributed by atoms with E-state index in [1.807, 2.05) is 25.1 Å². The lowest BCUT2D eigenvalue weighted by atomic mass is 10.3. The summed E-state index contributed by atoms with van der Waals surface area (Å²) < 4.78 is 6.82. The molecule has 0 bridgehead atoms. The monoisotopic (exact) mass is 259 g/mol. The van der Waals surface area contributed by atoms with Crippen LogP contribution in [0.4, 0.5) is 5.69 Å². The summed E-state index contributed by atoms with van der Waals surface area (Å²) in [6, 6.07) is 8.97. The van der Waals surface area contributed by atoms with Crippen molar-refractivity contribution in [3.05, 3.63) is 42.2 Å². The minimum absolute atomic E-state index is 0.167. The van der Waals surface area contributed by atoms with Crippen LogP contribution in [-0.2, 0) is 6.54 Å². The molecule has 0 unspecified atom stereocenters. The highest BCUT2D eigenvalue weighted by Crippen LogP contribution is 2.17. The first-order valence-corrected chi connectivity index (χ1v) is 6.22. The molecule has 5 heteroatoms. The molecule has 0 spiro atoms. The maximum Gasteiger partial charge on any atom is 0.273 e. The number of hydrogen-bond acceptors (Lipinski definition) is 3. The minimum Gasteiger partial charge on any atom is -0.497 e. The van der Waals surface area contributed by atoms with Crippen molar-refractivity contribution in [1.82, 2.24) is 9.78 Å². The van der Waals surface area contributed by atoms with Gasteiger partial charge in [-0.25, -0.2) is 0 Å². The number of aromatic nitrogens is 2. The van der Waals surface area contributed by atoms with E-state index in [9.17, 15) is 4.79 Å². The van der Waals surface area contributed by atoms with Crippen molar-refractivity contribution in [3.63, 3.8) is 0 Å². The Labute approximate surface area is 112 Å². The molecule has 2 aromatic rings. The largest absolute Gasteiger partial charge is 0.497 e. The molecular weight excluding hydrogens is 242 g/mol. The second kappa shape index (κ2) is 6.04. The number of hydrogen-bond donors (Lipinski definition) is 1. The van der Waals surface area contributed by atoms with Crippen molar-refractivity contribution < 1.29 is 9.53 Å². The lowest BCUT2D eigenvalue weighted by Gasteiger charge is -2.08. The number of nitrogens with zero attached hydrogens (tertiary/aromatic N) is 2. The van der Waals surface area contributed by atoms with Crippen molar-refractivity contribution in [1.29, 1.82) is 0 Å². The second-order valence-corrected chi connectivity index (χ2v) is 4.13. The van der Waals surface area contributed by atoms with Gasteiger partial charge in [-0.3, -0.25) is 9.48 Å². The summed E-state index contributed by atoms with van der Waals surface area (Å²) in [5.41, 5.74) is 1.26. The van der Waals surface area contributed by atoms with Gasteiger partial charge < -0.3 is 10.1 Å². The topological polar surface area (TPSA) is 56.2 Å². The molecule has 5 nitrogen and oxygen atoms in total. The van der Waals surface area contributed by atoms with Crippen LogP contribution in [0.15, 0.2) is 36.5 Å². The van der Waals surface area contributed by atoms with E-state index in [4.69, 9.17) is 4.74 Å². The predicted molar refractivity (Wildman–Crippen MR) is 73.5 cm³/mol. The molecular formula is C14H17N3O2. The Balaban J connectivity index is 2.13. The Hall–Kier alpha value is -2.30. The van der Waals surface area contributed by atoms with Crippen LogP contribution < -0.4 is 10.1 Å². The molecule has 19 heavy (non-hydrogen) atoms. The van der Waals surface area contributed by atoms with Gasteiger partial charge in [-0.2, -0.15) is 5.10 Å². The fourth-order valence-corrected chi connectivity index (χ4v) is 1.81. The molecule has 0 aliphatic carbocycles. The van der Waals surface area contributed by atoms with E-state index in [1.54, 1.807) is 30.1 Å². The van der Waals surface area contributed by atoms with Crippen molar-refractivity contribution in [2.24, 2.45) is 0 Å². The van der Waals surface area contributed by atoms with Crippen LogP contribution in [0, 0.1) is 0 Å². The number of carbonyl (C=O) groups is 1. The van der Waals surface area contributed by atoms with Gasteiger partial charge in [0.2, 0.25) is 0 Å². The normalized spacial score (nSPS) is 10.2. The summed E-state index contributed by atoms with van der Waals surface area (Å²) in [4.78, 5) is 12.2. The Morgan fingerprint density at radius 1 is 1.42 bits per heavy atom. The van der Waals surface area contributed by atoms with E-state index >= 15 is 0 Å². The predicted octanol–water partition coefficient (Wildman–Crippen LogP) is 2.55. The third kappa shape index (κ3) is 3.13. The smallest absolute Gasteiger partial charge is 0.273 e. The van der Waals surface area contributed by atoms with Crippen LogP contribution in [0.3, 0.4) is 0 Å². The summed E-state index contributed by atoms with van der Waals surface area (Å²) in [5, 5.41) is 6.97. The average molecular weight is 259 g/mol. The molecule has 0 radical (unpaired) electrons. The zero-order valence-electron chi connectivity index (χ0n) is 11.1. The van der Waals surface area contributed by atoms with Gasteiger partial charge in [0, 0.05) is 24.5 Å². The van der Waals surface area contributed by atoms with Gasteiger partial charge in [0.05, 0.1) is 7.11 Å². The number of benzene rings is 1. The van der Waals surface area contributed by atoms with E-state index in [2.05, 4.69) is 10.4 Å². The van der Waals surface area contributed by atoms with Crippen LogP contribution in [0.25, 0.3) is 0 Å². The number of nitrogens with one attached hydrogen (secondary N) is 1. The molecule has 0 atom stereocenters. The summed E-state index contributed by atoms with van der Waals surface area (Å²) in [6.45, 7) is 2.78. The molecule has 0 saturated heterocycles. The van der Waals surface area contributed by atoms with Crippen LogP contribution in [-0.4, -0.2) is 22.8 Å². The second-order valence-electron chi connectivity index (χ2n) is 4.13. The summed E-state index contributed by atoms with van der Waals surface area (Å²) in [5.74, 6) is 0.541. The minimum atomic E-state index is -0.167. The Morgan fingerprint density at radius 2 is 2.26 bits per heavy atom. The number of aryl methyl sites for hydroxylation is 1. The first kappa shape index (κ1) is 13.1. The number of anilines is 1. The molecule has 1 aromatic carbocycles. The third-order valence-corrected chi connectivity index (χ3v) is 2.71. The molecule has 0 saturated carbocycles. The van der Waals surface area contributed by atoms with Gasteiger partial charge >= 0.3 is 0 Å². The van der Waals surface area contributed by atoms with Gasteiger partial charge in [0.25, 0.3) is 5.91 Å². The highest BCUT2D eigenvalue weighted by molar-refractivity contribution is 6.03. The number of amides is 1. The fraction of sp³-hybridized carbons (Fsp3) is 0.286. The average Bonchev–Trinajstić information content (AvgIpc) is 2.88. The van der Waals surface area contributed by atoms with Crippen molar-refractivity contribution in [2.45, 2.75) is 19.9 Å². The lowest BCUT2D eigenvalue weighted by molar-refractivity contribution is 0.101. The number of methoxy groups -OCH3 is 1. The zero-order chi connectivity index (χ0) is 13.7. The third-order valence-electron chi connectivity index (χ3n) is 2.71. The van der Waals surface area contributed by atoms with Crippen LogP contribution in [0.2, 0.25) is 0 Å². The zero-order valence-corrected chi connectivity index (χ0v) is 11.1. The highest BCUT2D eigenvalue weighted by Gasteiger charge is 2.11. The summed E-state index contributed by atoms with van der Waals surface area (Å²) in [6.07, 6.45) is 2.57. The lowest BCUT2D eigenvalue weighted by Crippen LogP contribution is -2.17.